The Morgan fingerprint density at radius 3 is 2.16 bits per heavy atom. The first-order valence-electron chi connectivity index (χ1n) is 10.5. The van der Waals surface area contributed by atoms with E-state index in [9.17, 15) is 14.0 Å². The molecular weight excluding hydrogens is 419 g/mol. The van der Waals surface area contributed by atoms with Crippen molar-refractivity contribution in [1.29, 1.82) is 0 Å². The Hall–Kier alpha value is -2.60. The first-order valence-corrected chi connectivity index (χ1v) is 10.9. The fourth-order valence-corrected chi connectivity index (χ4v) is 4.26. The summed E-state index contributed by atoms with van der Waals surface area (Å²) in [5.41, 5.74) is -0.0147. The van der Waals surface area contributed by atoms with E-state index in [4.69, 9.17) is 16.3 Å². The molecule has 2 amide bonds. The average molecular weight is 445 g/mol. The summed E-state index contributed by atoms with van der Waals surface area (Å²) in [6.45, 7) is 5.47. The molecule has 1 saturated carbocycles. The van der Waals surface area contributed by atoms with Crippen molar-refractivity contribution in [2.24, 2.45) is 5.92 Å². The lowest BCUT2D eigenvalue weighted by Crippen LogP contribution is -2.56. The van der Waals surface area contributed by atoms with Crippen molar-refractivity contribution in [2.45, 2.75) is 31.8 Å². The largest absolute Gasteiger partial charge is 0.478 e. The number of piperazine rings is 1. The number of halogens is 2. The van der Waals surface area contributed by atoms with Gasteiger partial charge in [-0.05, 0) is 68.1 Å². The number of hydrogen-bond acceptors (Lipinski definition) is 3. The summed E-state index contributed by atoms with van der Waals surface area (Å²) in [7, 11) is 0. The highest BCUT2D eigenvalue weighted by Crippen LogP contribution is 2.48. The molecule has 0 N–H and O–H groups in total. The van der Waals surface area contributed by atoms with Gasteiger partial charge in [0.1, 0.15) is 11.6 Å². The van der Waals surface area contributed by atoms with Crippen LogP contribution in [0, 0.1) is 11.7 Å². The van der Waals surface area contributed by atoms with Gasteiger partial charge in [-0.3, -0.25) is 9.59 Å². The molecule has 5 nitrogen and oxygen atoms in total. The molecule has 4 rings (SSSR count). The van der Waals surface area contributed by atoms with Crippen molar-refractivity contribution in [3.8, 4) is 5.75 Å². The Kier molecular flexibility index (Phi) is 5.93. The van der Waals surface area contributed by atoms with E-state index in [1.807, 2.05) is 4.90 Å². The van der Waals surface area contributed by atoms with Crippen LogP contribution in [0.25, 0.3) is 0 Å². The van der Waals surface area contributed by atoms with Gasteiger partial charge in [0, 0.05) is 37.1 Å². The van der Waals surface area contributed by atoms with Crippen LogP contribution in [0.15, 0.2) is 48.5 Å². The van der Waals surface area contributed by atoms with Gasteiger partial charge in [0.2, 0.25) is 5.91 Å². The van der Waals surface area contributed by atoms with Crippen molar-refractivity contribution >= 4 is 23.4 Å². The summed E-state index contributed by atoms with van der Waals surface area (Å²) in [5.74, 6) is 0.452. The van der Waals surface area contributed by atoms with Crippen LogP contribution in [0.4, 0.5) is 4.39 Å². The summed E-state index contributed by atoms with van der Waals surface area (Å²) in [5, 5.41) is 0.606. The second kappa shape index (κ2) is 8.50. The maximum absolute atomic E-state index is 13.1. The van der Waals surface area contributed by atoms with Crippen LogP contribution < -0.4 is 4.74 Å². The first-order chi connectivity index (χ1) is 14.7. The van der Waals surface area contributed by atoms with Gasteiger partial charge < -0.3 is 14.5 Å². The van der Waals surface area contributed by atoms with Gasteiger partial charge in [0.05, 0.1) is 0 Å². The van der Waals surface area contributed by atoms with Gasteiger partial charge in [-0.2, -0.15) is 0 Å². The van der Waals surface area contributed by atoms with Gasteiger partial charge in [-0.15, -0.1) is 0 Å². The predicted octanol–water partition coefficient (Wildman–Crippen LogP) is 4.11. The number of ether oxygens (including phenoxy) is 1. The molecule has 1 heterocycles. The lowest BCUT2D eigenvalue weighted by molar-refractivity contribution is -0.150. The Bertz CT molecular complexity index is 954. The molecule has 0 spiro atoms. The normalized spacial score (nSPS) is 21.0. The van der Waals surface area contributed by atoms with Crippen molar-refractivity contribution in [1.82, 2.24) is 9.80 Å². The monoisotopic (exact) mass is 444 g/mol. The molecule has 2 aliphatic rings. The van der Waals surface area contributed by atoms with E-state index in [0.29, 0.717) is 37.0 Å². The van der Waals surface area contributed by atoms with Gasteiger partial charge in [0.25, 0.3) is 5.91 Å². The van der Waals surface area contributed by atoms with E-state index < -0.39 is 5.60 Å². The molecule has 0 unspecified atom stereocenters. The van der Waals surface area contributed by atoms with Crippen LogP contribution in [-0.2, 0) is 9.59 Å². The van der Waals surface area contributed by atoms with Crippen LogP contribution in [0.3, 0.4) is 0 Å². The molecule has 0 aromatic heterocycles. The summed E-state index contributed by atoms with van der Waals surface area (Å²) < 4.78 is 19.0. The first kappa shape index (κ1) is 21.6. The topological polar surface area (TPSA) is 49.9 Å². The minimum Gasteiger partial charge on any atom is -0.478 e. The molecule has 7 heteroatoms. The third-order valence-corrected chi connectivity index (χ3v) is 6.24. The number of nitrogens with zero attached hydrogens (tertiary/aromatic N) is 2. The standard InChI is InChI=1S/C24H26ClFN2O3/c1-24(2,31-19-9-5-17(25)6-10-19)23(30)28-13-11-27(12-14-28)22(29)21-15-20(21)16-3-7-18(26)8-4-16/h3-10,20-21H,11-15H2,1-2H3/t20-,21+/m1/s1. The van der Waals surface area contributed by atoms with Crippen molar-refractivity contribution in [3.05, 3.63) is 64.9 Å². The minimum absolute atomic E-state index is 0.0441. The molecule has 2 aromatic carbocycles. The molecule has 2 fully saturated rings. The molecule has 0 radical (unpaired) electrons. The lowest BCUT2D eigenvalue weighted by atomic mass is 10.1. The maximum atomic E-state index is 13.1. The fraction of sp³-hybridized carbons (Fsp3) is 0.417. The van der Waals surface area contributed by atoms with E-state index in [2.05, 4.69) is 0 Å². The Morgan fingerprint density at radius 2 is 1.55 bits per heavy atom. The van der Waals surface area contributed by atoms with Gasteiger partial charge in [0.15, 0.2) is 5.60 Å². The molecule has 31 heavy (non-hydrogen) atoms. The highest BCUT2D eigenvalue weighted by molar-refractivity contribution is 6.30. The highest BCUT2D eigenvalue weighted by Gasteiger charge is 2.46. The summed E-state index contributed by atoms with van der Waals surface area (Å²) in [4.78, 5) is 29.5. The van der Waals surface area contributed by atoms with Crippen LogP contribution in [-0.4, -0.2) is 53.4 Å². The van der Waals surface area contributed by atoms with E-state index in [1.54, 1.807) is 55.1 Å². The quantitative estimate of drug-likeness (QED) is 0.697. The van der Waals surface area contributed by atoms with Gasteiger partial charge in [-0.1, -0.05) is 23.7 Å². The Morgan fingerprint density at radius 1 is 0.968 bits per heavy atom. The zero-order valence-electron chi connectivity index (χ0n) is 17.7. The van der Waals surface area contributed by atoms with E-state index in [-0.39, 0.29) is 29.5 Å². The Labute approximate surface area is 186 Å². The molecule has 0 bridgehead atoms. The highest BCUT2D eigenvalue weighted by atomic mass is 35.5. The van der Waals surface area contributed by atoms with Crippen molar-refractivity contribution in [3.63, 3.8) is 0 Å². The Balaban J connectivity index is 1.30. The molecule has 2 aromatic rings. The molecule has 164 valence electrons. The summed E-state index contributed by atoms with van der Waals surface area (Å²) in [6, 6.07) is 13.3. The smallest absolute Gasteiger partial charge is 0.266 e. The number of carbonyl (C=O) groups excluding carboxylic acids is 2. The van der Waals surface area contributed by atoms with Crippen LogP contribution in [0.1, 0.15) is 31.7 Å². The third kappa shape index (κ3) is 4.85. The predicted molar refractivity (Wildman–Crippen MR) is 117 cm³/mol. The molecule has 1 aliphatic carbocycles. The SMILES string of the molecule is CC(C)(Oc1ccc(Cl)cc1)C(=O)N1CCN(C(=O)[C@H]2C[C@@H]2c2ccc(F)cc2)CC1. The zero-order chi connectivity index (χ0) is 22.2. The number of amides is 2. The van der Waals surface area contributed by atoms with Gasteiger partial charge >= 0.3 is 0 Å². The van der Waals surface area contributed by atoms with Crippen molar-refractivity contribution in [2.75, 3.05) is 26.2 Å². The molecule has 2 atom stereocenters. The van der Waals surface area contributed by atoms with Crippen LogP contribution in [0.2, 0.25) is 5.02 Å². The minimum atomic E-state index is -1.02. The second-order valence-corrected chi connectivity index (χ2v) is 9.12. The van der Waals surface area contributed by atoms with Crippen molar-refractivity contribution < 1.29 is 18.7 Å². The van der Waals surface area contributed by atoms with Crippen LogP contribution in [0.5, 0.6) is 5.75 Å². The molecular formula is C24H26ClFN2O3. The maximum Gasteiger partial charge on any atom is 0.266 e. The molecule has 1 saturated heterocycles. The number of carbonyl (C=O) groups is 2. The lowest BCUT2D eigenvalue weighted by Gasteiger charge is -2.38. The van der Waals surface area contributed by atoms with E-state index in [0.717, 1.165) is 12.0 Å². The number of hydrogen-bond donors (Lipinski definition) is 0. The van der Waals surface area contributed by atoms with Gasteiger partial charge in [-0.25, -0.2) is 4.39 Å². The summed E-state index contributed by atoms with van der Waals surface area (Å²) >= 11 is 5.91. The number of rotatable bonds is 5. The summed E-state index contributed by atoms with van der Waals surface area (Å²) in [6.07, 6.45) is 0.797. The average Bonchev–Trinajstić information content (AvgIpc) is 3.56. The van der Waals surface area contributed by atoms with E-state index >= 15 is 0 Å². The zero-order valence-corrected chi connectivity index (χ0v) is 18.4. The fourth-order valence-electron chi connectivity index (χ4n) is 4.13. The van der Waals surface area contributed by atoms with E-state index in [1.165, 1.54) is 12.1 Å². The van der Waals surface area contributed by atoms with Crippen LogP contribution >= 0.6 is 11.6 Å². The molecule has 1 aliphatic heterocycles. The second-order valence-electron chi connectivity index (χ2n) is 8.68. The third-order valence-electron chi connectivity index (χ3n) is 5.99. The number of benzene rings is 2.